The Bertz CT molecular complexity index is 644. The third-order valence-corrected chi connectivity index (χ3v) is 4.04. The van der Waals surface area contributed by atoms with Crippen LogP contribution in [0.5, 0.6) is 0 Å². The van der Waals surface area contributed by atoms with Gasteiger partial charge in [-0.2, -0.15) is 0 Å². The zero-order valence-corrected chi connectivity index (χ0v) is 12.4. The number of hydrogen-bond donors (Lipinski definition) is 3. The lowest BCUT2D eigenvalue weighted by Gasteiger charge is -2.08. The smallest absolute Gasteiger partial charge is 0.293 e. The predicted octanol–water partition coefficient (Wildman–Crippen LogP) is -0.0845. The van der Waals surface area contributed by atoms with Gasteiger partial charge in [0.1, 0.15) is 5.69 Å². The summed E-state index contributed by atoms with van der Waals surface area (Å²) in [5.74, 6) is -0.667. The number of sulfonamides is 1. The lowest BCUT2D eigenvalue weighted by atomic mass is 10.1. The van der Waals surface area contributed by atoms with E-state index in [1.54, 1.807) is 0 Å². The molecule has 0 bridgehead atoms. The molecular weight excluding hydrogens is 300 g/mol. The molecule has 0 heterocycles. The van der Waals surface area contributed by atoms with Crippen molar-refractivity contribution in [1.82, 2.24) is 10.0 Å². The number of anilines is 1. The number of nitro groups is 1. The van der Waals surface area contributed by atoms with Gasteiger partial charge in [0.15, 0.2) is 0 Å². The van der Waals surface area contributed by atoms with Gasteiger partial charge in [-0.25, -0.2) is 13.1 Å². The van der Waals surface area contributed by atoms with Gasteiger partial charge in [0.25, 0.3) is 11.6 Å². The van der Waals surface area contributed by atoms with E-state index in [0.29, 0.717) is 0 Å². The molecule has 116 valence electrons. The van der Waals surface area contributed by atoms with Crippen molar-refractivity contribution in [1.29, 1.82) is 0 Å². The number of nitro benzene ring substituents is 1. The van der Waals surface area contributed by atoms with Crippen molar-refractivity contribution >= 4 is 27.3 Å². The van der Waals surface area contributed by atoms with Crippen LogP contribution in [0, 0.1) is 10.1 Å². The first kappa shape index (κ1) is 16.9. The number of hydrogen-bond acceptors (Lipinski definition) is 6. The molecule has 0 aliphatic heterocycles. The molecule has 9 nitrogen and oxygen atoms in total. The molecule has 0 unspecified atom stereocenters. The van der Waals surface area contributed by atoms with Crippen LogP contribution in [0.3, 0.4) is 0 Å². The van der Waals surface area contributed by atoms with E-state index in [9.17, 15) is 23.3 Å². The van der Waals surface area contributed by atoms with E-state index < -0.39 is 20.9 Å². The average molecular weight is 316 g/mol. The minimum absolute atomic E-state index is 0.00331. The third kappa shape index (κ3) is 4.68. The summed E-state index contributed by atoms with van der Waals surface area (Å²) in [4.78, 5) is 21.8. The molecule has 0 aliphatic carbocycles. The lowest BCUT2D eigenvalue weighted by molar-refractivity contribution is -0.384. The van der Waals surface area contributed by atoms with Crippen LogP contribution in [0.15, 0.2) is 18.2 Å². The number of nitrogens with one attached hydrogen (secondary N) is 3. The topological polar surface area (TPSA) is 130 Å². The Hall–Kier alpha value is -2.20. The molecule has 1 rings (SSSR count). The van der Waals surface area contributed by atoms with Gasteiger partial charge in [-0.1, -0.05) is 0 Å². The normalized spacial score (nSPS) is 11.0. The monoisotopic (exact) mass is 316 g/mol. The Kier molecular flexibility index (Phi) is 5.61. The molecule has 0 aliphatic rings. The van der Waals surface area contributed by atoms with Crippen LogP contribution in [0.4, 0.5) is 11.4 Å². The number of benzene rings is 1. The molecule has 0 saturated heterocycles. The van der Waals surface area contributed by atoms with E-state index in [1.807, 2.05) is 0 Å². The fourth-order valence-corrected chi connectivity index (χ4v) is 2.11. The minimum Gasteiger partial charge on any atom is -0.378 e. The van der Waals surface area contributed by atoms with Crippen LogP contribution < -0.4 is 15.4 Å². The highest BCUT2D eigenvalue weighted by Gasteiger charge is 2.17. The maximum Gasteiger partial charge on any atom is 0.293 e. The van der Waals surface area contributed by atoms with Gasteiger partial charge in [-0.05, 0) is 19.2 Å². The molecule has 10 heteroatoms. The number of rotatable bonds is 7. The maximum atomic E-state index is 11.4. The Morgan fingerprint density at radius 2 is 2.00 bits per heavy atom. The minimum atomic E-state index is -3.39. The molecule has 0 radical (unpaired) electrons. The first-order valence-electron chi connectivity index (χ1n) is 5.96. The van der Waals surface area contributed by atoms with Crippen molar-refractivity contribution in [3.05, 3.63) is 33.9 Å². The largest absolute Gasteiger partial charge is 0.378 e. The van der Waals surface area contributed by atoms with Crippen molar-refractivity contribution in [2.75, 3.05) is 31.7 Å². The van der Waals surface area contributed by atoms with Gasteiger partial charge in [-0.3, -0.25) is 14.9 Å². The Balaban J connectivity index is 2.92. The number of carbonyl (C=O) groups excluding carboxylic acids is 1. The molecule has 0 fully saturated rings. The second kappa shape index (κ2) is 6.99. The predicted molar refractivity (Wildman–Crippen MR) is 77.8 cm³/mol. The highest BCUT2D eigenvalue weighted by molar-refractivity contribution is 7.89. The van der Waals surface area contributed by atoms with Crippen LogP contribution in [-0.4, -0.2) is 45.6 Å². The maximum absolute atomic E-state index is 11.4. The van der Waals surface area contributed by atoms with E-state index in [2.05, 4.69) is 15.4 Å². The van der Waals surface area contributed by atoms with Gasteiger partial charge in [0, 0.05) is 25.2 Å². The first-order valence-corrected chi connectivity index (χ1v) is 7.61. The van der Waals surface area contributed by atoms with Gasteiger partial charge in [0.2, 0.25) is 10.0 Å². The zero-order valence-electron chi connectivity index (χ0n) is 11.5. The summed E-state index contributed by atoms with van der Waals surface area (Å²) < 4.78 is 24.6. The summed E-state index contributed by atoms with van der Waals surface area (Å²) in [6.07, 6.45) is 0. The van der Waals surface area contributed by atoms with E-state index in [-0.39, 0.29) is 29.2 Å². The second-order valence-electron chi connectivity index (χ2n) is 4.02. The van der Waals surface area contributed by atoms with Crippen molar-refractivity contribution in [3.8, 4) is 0 Å². The molecular formula is C11H16N4O5S. The quantitative estimate of drug-likeness (QED) is 0.476. The Labute approximate surface area is 121 Å². The summed E-state index contributed by atoms with van der Waals surface area (Å²) in [5, 5.41) is 16.0. The number of amides is 1. The van der Waals surface area contributed by atoms with Crippen LogP contribution in [0.1, 0.15) is 10.4 Å². The van der Waals surface area contributed by atoms with E-state index in [4.69, 9.17) is 0 Å². The van der Waals surface area contributed by atoms with Crippen LogP contribution >= 0.6 is 0 Å². The Morgan fingerprint density at radius 3 is 2.52 bits per heavy atom. The van der Waals surface area contributed by atoms with E-state index >= 15 is 0 Å². The highest BCUT2D eigenvalue weighted by atomic mass is 32.2. The summed E-state index contributed by atoms with van der Waals surface area (Å²) >= 11 is 0. The van der Waals surface area contributed by atoms with Crippen LogP contribution in [-0.2, 0) is 10.0 Å². The van der Waals surface area contributed by atoms with Crippen molar-refractivity contribution in [2.24, 2.45) is 0 Å². The lowest BCUT2D eigenvalue weighted by Crippen LogP contribution is -2.26. The summed E-state index contributed by atoms with van der Waals surface area (Å²) in [6.45, 7) is 0.00331. The van der Waals surface area contributed by atoms with Crippen molar-refractivity contribution < 1.29 is 18.1 Å². The summed E-state index contributed by atoms with van der Waals surface area (Å²) in [6, 6.07) is 3.92. The van der Waals surface area contributed by atoms with Gasteiger partial charge >= 0.3 is 0 Å². The number of carbonyl (C=O) groups is 1. The molecule has 3 N–H and O–H groups in total. The van der Waals surface area contributed by atoms with Crippen LogP contribution in [0.2, 0.25) is 0 Å². The summed E-state index contributed by atoms with van der Waals surface area (Å²) in [5.41, 5.74) is 0.00880. The molecule has 0 aromatic heterocycles. The fraction of sp³-hybridized carbons (Fsp3) is 0.364. The molecule has 1 aromatic rings. The molecule has 0 atom stereocenters. The van der Waals surface area contributed by atoms with Crippen molar-refractivity contribution in [3.63, 3.8) is 0 Å². The SMILES string of the molecule is CNC(=O)c1ccc(NCCS(=O)(=O)NC)c([N+](=O)[O-])c1. The van der Waals surface area contributed by atoms with Crippen molar-refractivity contribution in [2.45, 2.75) is 0 Å². The van der Waals surface area contributed by atoms with Gasteiger partial charge in [0.05, 0.1) is 10.7 Å². The van der Waals surface area contributed by atoms with E-state index in [1.165, 1.54) is 26.2 Å². The highest BCUT2D eigenvalue weighted by Crippen LogP contribution is 2.25. The Morgan fingerprint density at radius 1 is 1.33 bits per heavy atom. The summed E-state index contributed by atoms with van der Waals surface area (Å²) in [7, 11) is -0.688. The van der Waals surface area contributed by atoms with Gasteiger partial charge in [-0.15, -0.1) is 0 Å². The zero-order chi connectivity index (χ0) is 16.0. The standard InChI is InChI=1S/C11H16N4O5S/c1-12-11(16)8-3-4-9(10(7-8)15(17)18)14-5-6-21(19,20)13-2/h3-4,7,13-14H,5-6H2,1-2H3,(H,12,16). The number of nitrogens with zero attached hydrogens (tertiary/aromatic N) is 1. The third-order valence-electron chi connectivity index (χ3n) is 2.68. The molecule has 21 heavy (non-hydrogen) atoms. The molecule has 0 saturated carbocycles. The average Bonchev–Trinajstić information content (AvgIpc) is 2.46. The van der Waals surface area contributed by atoms with E-state index in [0.717, 1.165) is 6.07 Å². The fourth-order valence-electron chi connectivity index (χ4n) is 1.54. The van der Waals surface area contributed by atoms with Crippen LogP contribution in [0.25, 0.3) is 0 Å². The van der Waals surface area contributed by atoms with Gasteiger partial charge < -0.3 is 10.6 Å². The molecule has 1 aromatic carbocycles. The molecule has 0 spiro atoms. The first-order chi connectivity index (χ1) is 9.80. The molecule has 1 amide bonds. The second-order valence-corrected chi connectivity index (χ2v) is 6.06.